The summed E-state index contributed by atoms with van der Waals surface area (Å²) < 4.78 is 6.89. The highest BCUT2D eigenvalue weighted by atomic mass is 16.4. The number of aromatic nitrogens is 4. The maximum Gasteiger partial charge on any atom is 0.349 e. The average Bonchev–Trinajstić information content (AvgIpc) is 3.35. The molecule has 2 aromatic carbocycles. The maximum atomic E-state index is 12.6. The molecule has 0 atom stereocenters. The van der Waals surface area contributed by atoms with Crippen LogP contribution >= 0.6 is 0 Å². The van der Waals surface area contributed by atoms with Crippen molar-refractivity contribution >= 4 is 34.1 Å². The van der Waals surface area contributed by atoms with Crippen molar-refractivity contribution in [3.8, 4) is 5.82 Å². The van der Waals surface area contributed by atoms with Gasteiger partial charge in [0.15, 0.2) is 5.82 Å². The lowest BCUT2D eigenvalue weighted by molar-refractivity contribution is 0.102. The second kappa shape index (κ2) is 8.39. The average molecular weight is 438 g/mol. The smallest absolute Gasteiger partial charge is 0.349 e. The number of aryl methyl sites for hydroxylation is 1. The summed E-state index contributed by atoms with van der Waals surface area (Å²) in [4.78, 5) is 33.6. The minimum Gasteiger partial charge on any atom is -0.422 e. The van der Waals surface area contributed by atoms with Crippen molar-refractivity contribution in [2.45, 2.75) is 6.92 Å². The first-order valence-corrected chi connectivity index (χ1v) is 10.1. The first-order valence-electron chi connectivity index (χ1n) is 10.1. The van der Waals surface area contributed by atoms with Gasteiger partial charge in [-0.1, -0.05) is 18.2 Å². The minimum absolute atomic E-state index is 0.0569. The number of amides is 1. The van der Waals surface area contributed by atoms with Crippen LogP contribution in [-0.4, -0.2) is 25.7 Å². The van der Waals surface area contributed by atoms with Gasteiger partial charge in [-0.25, -0.2) is 19.4 Å². The summed E-state index contributed by atoms with van der Waals surface area (Å²) in [6, 6.07) is 19.2. The minimum atomic E-state index is -0.684. The highest BCUT2D eigenvalue weighted by Gasteiger charge is 2.14. The van der Waals surface area contributed by atoms with Crippen LogP contribution in [0.5, 0.6) is 0 Å². The molecule has 0 radical (unpaired) electrons. The topological polar surface area (TPSA) is 115 Å². The van der Waals surface area contributed by atoms with Gasteiger partial charge in [0.2, 0.25) is 0 Å². The molecule has 3 aromatic heterocycles. The molecule has 5 aromatic rings. The number of carbonyl (C=O) groups excluding carboxylic acids is 1. The van der Waals surface area contributed by atoms with Gasteiger partial charge in [0, 0.05) is 35.2 Å². The second-order valence-corrected chi connectivity index (χ2v) is 7.25. The third kappa shape index (κ3) is 4.33. The van der Waals surface area contributed by atoms with Crippen molar-refractivity contribution < 1.29 is 9.21 Å². The van der Waals surface area contributed by atoms with Gasteiger partial charge in [0.25, 0.3) is 5.91 Å². The summed E-state index contributed by atoms with van der Waals surface area (Å²) in [5.74, 6) is 1.32. The summed E-state index contributed by atoms with van der Waals surface area (Å²) in [7, 11) is 0. The number of nitrogens with zero attached hydrogens (tertiary/aromatic N) is 4. The number of para-hydroxylation sites is 1. The molecule has 162 valence electrons. The molecule has 0 aliphatic rings. The zero-order valence-corrected chi connectivity index (χ0v) is 17.5. The normalized spacial score (nSPS) is 10.8. The van der Waals surface area contributed by atoms with E-state index in [1.54, 1.807) is 72.5 Å². The van der Waals surface area contributed by atoms with Crippen LogP contribution in [0.2, 0.25) is 0 Å². The van der Waals surface area contributed by atoms with E-state index in [2.05, 4.69) is 25.7 Å². The number of carbonyl (C=O) groups is 1. The zero-order chi connectivity index (χ0) is 22.8. The fourth-order valence-corrected chi connectivity index (χ4v) is 3.34. The number of anilines is 3. The number of rotatable bonds is 5. The van der Waals surface area contributed by atoms with Gasteiger partial charge >= 0.3 is 5.63 Å². The highest BCUT2D eigenvalue weighted by Crippen LogP contribution is 2.20. The molecular weight excluding hydrogens is 420 g/mol. The molecule has 0 aliphatic heterocycles. The Morgan fingerprint density at radius 3 is 2.55 bits per heavy atom. The maximum absolute atomic E-state index is 12.6. The SMILES string of the molecule is Cc1nc(Nc2ccc(NC(=O)c3cc4ccccc4oc3=O)cc2)cc(-n2cccn2)n1. The monoisotopic (exact) mass is 438 g/mol. The van der Waals surface area contributed by atoms with E-state index in [0.717, 1.165) is 5.69 Å². The Morgan fingerprint density at radius 1 is 0.970 bits per heavy atom. The Morgan fingerprint density at radius 2 is 1.76 bits per heavy atom. The third-order valence-electron chi connectivity index (χ3n) is 4.86. The van der Waals surface area contributed by atoms with Crippen molar-refractivity contribution in [2.24, 2.45) is 0 Å². The predicted octanol–water partition coefficient (Wildman–Crippen LogP) is 4.07. The summed E-state index contributed by atoms with van der Waals surface area (Å²) in [6.07, 6.45) is 3.48. The molecule has 5 rings (SSSR count). The van der Waals surface area contributed by atoms with Gasteiger partial charge in [0.1, 0.15) is 22.8 Å². The van der Waals surface area contributed by atoms with Crippen LogP contribution < -0.4 is 16.3 Å². The molecule has 1 amide bonds. The lowest BCUT2D eigenvalue weighted by Gasteiger charge is -2.10. The van der Waals surface area contributed by atoms with E-state index in [9.17, 15) is 9.59 Å². The van der Waals surface area contributed by atoms with E-state index in [0.29, 0.717) is 34.1 Å². The van der Waals surface area contributed by atoms with Crippen LogP contribution in [0.4, 0.5) is 17.2 Å². The van der Waals surface area contributed by atoms with E-state index in [-0.39, 0.29) is 5.56 Å². The predicted molar refractivity (Wildman–Crippen MR) is 124 cm³/mol. The molecule has 0 saturated carbocycles. The molecule has 2 N–H and O–H groups in total. The molecular formula is C24H18N6O3. The molecule has 9 heteroatoms. The van der Waals surface area contributed by atoms with Crippen molar-refractivity contribution in [3.05, 3.63) is 101 Å². The van der Waals surface area contributed by atoms with Crippen molar-refractivity contribution in [1.29, 1.82) is 0 Å². The molecule has 9 nitrogen and oxygen atoms in total. The van der Waals surface area contributed by atoms with Gasteiger partial charge in [-0.3, -0.25) is 4.79 Å². The van der Waals surface area contributed by atoms with Crippen molar-refractivity contribution in [2.75, 3.05) is 10.6 Å². The van der Waals surface area contributed by atoms with Gasteiger partial charge in [-0.15, -0.1) is 0 Å². The molecule has 0 spiro atoms. The van der Waals surface area contributed by atoms with Crippen LogP contribution in [0.3, 0.4) is 0 Å². The first kappa shape index (κ1) is 20.1. The molecule has 0 saturated heterocycles. The quantitative estimate of drug-likeness (QED) is 0.397. The van der Waals surface area contributed by atoms with Crippen LogP contribution in [0.15, 0.2) is 88.3 Å². The van der Waals surface area contributed by atoms with Gasteiger partial charge in [-0.2, -0.15) is 5.10 Å². The third-order valence-corrected chi connectivity index (χ3v) is 4.86. The summed E-state index contributed by atoms with van der Waals surface area (Å²) in [6.45, 7) is 1.81. The van der Waals surface area contributed by atoms with E-state index in [1.165, 1.54) is 6.07 Å². The van der Waals surface area contributed by atoms with Crippen LogP contribution in [0.25, 0.3) is 16.8 Å². The number of fused-ring (bicyclic) bond motifs is 1. The summed E-state index contributed by atoms with van der Waals surface area (Å²) in [5.41, 5.74) is 0.997. The molecule has 3 heterocycles. The van der Waals surface area contributed by atoms with Crippen molar-refractivity contribution in [3.63, 3.8) is 0 Å². The molecule has 0 aliphatic carbocycles. The molecule has 33 heavy (non-hydrogen) atoms. The fourth-order valence-electron chi connectivity index (χ4n) is 3.34. The number of nitrogens with one attached hydrogen (secondary N) is 2. The van der Waals surface area contributed by atoms with E-state index < -0.39 is 11.5 Å². The van der Waals surface area contributed by atoms with E-state index in [1.807, 2.05) is 12.1 Å². The Labute approximate surface area is 187 Å². The molecule has 0 fully saturated rings. The zero-order valence-electron chi connectivity index (χ0n) is 17.5. The lowest BCUT2D eigenvalue weighted by atomic mass is 10.1. The van der Waals surface area contributed by atoms with Crippen LogP contribution in [-0.2, 0) is 0 Å². The standard InChI is InChI=1S/C24H18N6O3/c1-15-26-21(14-22(27-15)30-12-4-11-25-30)28-17-7-9-18(10-8-17)29-23(31)19-13-16-5-2-3-6-20(16)33-24(19)32/h2-14H,1H3,(H,29,31)(H,26,27,28). The Balaban J connectivity index is 1.32. The van der Waals surface area contributed by atoms with Crippen LogP contribution in [0.1, 0.15) is 16.2 Å². The lowest BCUT2D eigenvalue weighted by Crippen LogP contribution is -2.20. The van der Waals surface area contributed by atoms with Gasteiger partial charge < -0.3 is 15.1 Å². The van der Waals surface area contributed by atoms with E-state index in [4.69, 9.17) is 4.42 Å². The van der Waals surface area contributed by atoms with Crippen LogP contribution in [0, 0.1) is 6.92 Å². The van der Waals surface area contributed by atoms with Crippen molar-refractivity contribution in [1.82, 2.24) is 19.7 Å². The Bertz CT molecular complexity index is 1510. The Hall–Kier alpha value is -4.79. The molecule has 0 bridgehead atoms. The number of benzene rings is 2. The van der Waals surface area contributed by atoms with E-state index >= 15 is 0 Å². The van der Waals surface area contributed by atoms with Gasteiger partial charge in [0.05, 0.1) is 0 Å². The fraction of sp³-hybridized carbons (Fsp3) is 0.0417. The summed E-state index contributed by atoms with van der Waals surface area (Å²) in [5, 5.41) is 10.8. The number of hydrogen-bond acceptors (Lipinski definition) is 7. The first-order chi connectivity index (χ1) is 16.0. The number of hydrogen-bond donors (Lipinski definition) is 2. The second-order valence-electron chi connectivity index (χ2n) is 7.25. The Kier molecular flexibility index (Phi) is 5.12. The van der Waals surface area contributed by atoms with Gasteiger partial charge in [-0.05, 0) is 49.4 Å². The highest BCUT2D eigenvalue weighted by molar-refractivity contribution is 6.05. The largest absolute Gasteiger partial charge is 0.422 e. The molecule has 0 unspecified atom stereocenters. The summed E-state index contributed by atoms with van der Waals surface area (Å²) >= 11 is 0.